The summed E-state index contributed by atoms with van der Waals surface area (Å²) in [7, 11) is 0. The molecule has 3 rings (SSSR count). The van der Waals surface area contributed by atoms with Crippen LogP contribution in [0.15, 0.2) is 29.6 Å². The Bertz CT molecular complexity index is 674. The highest BCUT2D eigenvalue weighted by Gasteiger charge is 2.30. The fourth-order valence-corrected chi connectivity index (χ4v) is 3.77. The molecule has 0 aliphatic carbocycles. The van der Waals surface area contributed by atoms with Crippen LogP contribution in [-0.4, -0.2) is 35.2 Å². The summed E-state index contributed by atoms with van der Waals surface area (Å²) in [6.07, 6.45) is -3.92. The van der Waals surface area contributed by atoms with Gasteiger partial charge in [0.1, 0.15) is 5.01 Å². The average molecular weight is 356 g/mol. The molecule has 2 atom stereocenters. The van der Waals surface area contributed by atoms with Gasteiger partial charge in [-0.2, -0.15) is 13.2 Å². The molecular formula is C17H19F3N2OS. The molecule has 7 heteroatoms. The lowest BCUT2D eigenvalue weighted by atomic mass is 10.1. The van der Waals surface area contributed by atoms with E-state index in [4.69, 9.17) is 4.74 Å². The number of aromatic nitrogens is 1. The minimum Gasteiger partial charge on any atom is -0.373 e. The van der Waals surface area contributed by atoms with Gasteiger partial charge in [0.25, 0.3) is 0 Å². The molecule has 0 unspecified atom stereocenters. The zero-order valence-corrected chi connectivity index (χ0v) is 14.3. The second-order valence-electron chi connectivity index (χ2n) is 6.17. The number of nitrogens with zero attached hydrogens (tertiary/aromatic N) is 2. The molecule has 1 aliphatic rings. The number of hydrogen-bond donors (Lipinski definition) is 0. The zero-order chi connectivity index (χ0) is 17.3. The Labute approximate surface area is 143 Å². The molecule has 2 heterocycles. The van der Waals surface area contributed by atoms with Crippen LogP contribution in [-0.2, 0) is 17.5 Å². The van der Waals surface area contributed by atoms with Crippen molar-refractivity contribution in [1.82, 2.24) is 9.88 Å². The Kier molecular flexibility index (Phi) is 4.94. The van der Waals surface area contributed by atoms with Crippen molar-refractivity contribution in [3.8, 4) is 10.6 Å². The first kappa shape index (κ1) is 17.4. The monoisotopic (exact) mass is 356 g/mol. The van der Waals surface area contributed by atoms with E-state index in [1.165, 1.54) is 23.5 Å². The third-order valence-corrected chi connectivity index (χ3v) is 4.83. The second kappa shape index (κ2) is 6.82. The highest BCUT2D eigenvalue weighted by atomic mass is 32.1. The Morgan fingerprint density at radius 2 is 1.79 bits per heavy atom. The van der Waals surface area contributed by atoms with Crippen LogP contribution < -0.4 is 0 Å². The maximum atomic E-state index is 12.6. The lowest BCUT2D eigenvalue weighted by molar-refractivity contribution is -0.137. The van der Waals surface area contributed by atoms with Crippen LogP contribution in [0.2, 0.25) is 0 Å². The maximum Gasteiger partial charge on any atom is 0.416 e. The Morgan fingerprint density at radius 1 is 1.17 bits per heavy atom. The van der Waals surface area contributed by atoms with Gasteiger partial charge < -0.3 is 4.74 Å². The van der Waals surface area contributed by atoms with E-state index < -0.39 is 11.7 Å². The number of rotatable bonds is 3. The van der Waals surface area contributed by atoms with Crippen LogP contribution in [0.5, 0.6) is 0 Å². The van der Waals surface area contributed by atoms with E-state index in [1.54, 1.807) is 0 Å². The molecule has 0 saturated carbocycles. The van der Waals surface area contributed by atoms with Gasteiger partial charge in [0.15, 0.2) is 0 Å². The van der Waals surface area contributed by atoms with E-state index >= 15 is 0 Å². The first-order valence-corrected chi connectivity index (χ1v) is 8.69. The normalized spacial score (nSPS) is 22.7. The molecule has 1 aromatic heterocycles. The van der Waals surface area contributed by atoms with Gasteiger partial charge in [-0.3, -0.25) is 4.90 Å². The highest BCUT2D eigenvalue weighted by Crippen LogP contribution is 2.32. The van der Waals surface area contributed by atoms with Crippen LogP contribution in [0, 0.1) is 0 Å². The predicted molar refractivity (Wildman–Crippen MR) is 87.8 cm³/mol. The number of thiazole rings is 1. The van der Waals surface area contributed by atoms with Gasteiger partial charge in [-0.05, 0) is 26.0 Å². The van der Waals surface area contributed by atoms with Gasteiger partial charge in [0.2, 0.25) is 0 Å². The van der Waals surface area contributed by atoms with Gasteiger partial charge in [-0.1, -0.05) is 12.1 Å². The number of morpholine rings is 1. The molecular weight excluding hydrogens is 337 g/mol. The number of ether oxygens (including phenoxy) is 1. The largest absolute Gasteiger partial charge is 0.416 e. The van der Waals surface area contributed by atoms with Crippen molar-refractivity contribution in [2.45, 2.75) is 38.8 Å². The van der Waals surface area contributed by atoms with Gasteiger partial charge in [-0.15, -0.1) is 11.3 Å². The van der Waals surface area contributed by atoms with E-state index in [9.17, 15) is 13.2 Å². The van der Waals surface area contributed by atoms with E-state index in [0.717, 1.165) is 42.5 Å². The van der Waals surface area contributed by atoms with Crippen LogP contribution >= 0.6 is 11.3 Å². The lowest BCUT2D eigenvalue weighted by Gasteiger charge is -2.34. The number of benzene rings is 1. The summed E-state index contributed by atoms with van der Waals surface area (Å²) in [5.41, 5.74) is 1.01. The zero-order valence-electron chi connectivity index (χ0n) is 13.5. The van der Waals surface area contributed by atoms with Crippen LogP contribution in [0.1, 0.15) is 25.1 Å². The summed E-state index contributed by atoms with van der Waals surface area (Å²) < 4.78 is 43.6. The quantitative estimate of drug-likeness (QED) is 0.813. The van der Waals surface area contributed by atoms with E-state index in [1.807, 2.05) is 5.38 Å². The third-order valence-electron chi connectivity index (χ3n) is 3.89. The molecule has 0 radical (unpaired) electrons. The Hall–Kier alpha value is -1.44. The first-order chi connectivity index (χ1) is 11.3. The van der Waals surface area contributed by atoms with E-state index in [-0.39, 0.29) is 12.2 Å². The molecule has 1 aliphatic heterocycles. The molecule has 3 nitrogen and oxygen atoms in total. The smallest absolute Gasteiger partial charge is 0.373 e. The first-order valence-electron chi connectivity index (χ1n) is 7.81. The number of alkyl halides is 3. The summed E-state index contributed by atoms with van der Waals surface area (Å²) >= 11 is 1.46. The minimum atomic E-state index is -4.31. The molecule has 2 aromatic rings. The van der Waals surface area contributed by atoms with Crippen molar-refractivity contribution in [2.24, 2.45) is 0 Å². The van der Waals surface area contributed by atoms with Gasteiger partial charge in [0.05, 0.1) is 23.5 Å². The van der Waals surface area contributed by atoms with Crippen LogP contribution in [0.3, 0.4) is 0 Å². The SMILES string of the molecule is C[C@@H]1CN(Cc2csc(-c3ccc(C(F)(F)F)cc3)n2)C[C@@H](C)O1. The average Bonchev–Trinajstić information content (AvgIpc) is 2.94. The highest BCUT2D eigenvalue weighted by molar-refractivity contribution is 7.13. The third kappa shape index (κ3) is 4.15. The number of hydrogen-bond acceptors (Lipinski definition) is 4. The minimum absolute atomic E-state index is 0.196. The molecule has 0 N–H and O–H groups in total. The van der Waals surface area contributed by atoms with E-state index in [0.29, 0.717) is 5.56 Å². The van der Waals surface area contributed by atoms with Gasteiger partial charge in [0, 0.05) is 30.6 Å². The summed E-state index contributed by atoms with van der Waals surface area (Å²) in [5, 5.41) is 2.71. The van der Waals surface area contributed by atoms with Gasteiger partial charge in [-0.25, -0.2) is 4.98 Å². The molecule has 24 heavy (non-hydrogen) atoms. The lowest BCUT2D eigenvalue weighted by Crippen LogP contribution is -2.44. The fourth-order valence-electron chi connectivity index (χ4n) is 2.96. The molecule has 1 saturated heterocycles. The van der Waals surface area contributed by atoms with Crippen LogP contribution in [0.4, 0.5) is 13.2 Å². The van der Waals surface area contributed by atoms with E-state index in [2.05, 4.69) is 23.7 Å². The molecule has 1 fully saturated rings. The van der Waals surface area contributed by atoms with Crippen molar-refractivity contribution >= 4 is 11.3 Å². The van der Waals surface area contributed by atoms with Crippen molar-refractivity contribution in [1.29, 1.82) is 0 Å². The predicted octanol–water partition coefficient (Wildman–Crippen LogP) is 4.44. The summed E-state index contributed by atoms with van der Waals surface area (Å²) in [4.78, 5) is 6.87. The molecule has 0 bridgehead atoms. The standard InChI is InChI=1S/C17H19F3N2OS/c1-11-7-22(8-12(2)23-11)9-15-10-24-16(21-15)13-3-5-14(6-4-13)17(18,19)20/h3-6,10-12H,7-9H2,1-2H3/t11-,12-/m1/s1. The molecule has 130 valence electrons. The Morgan fingerprint density at radius 3 is 2.38 bits per heavy atom. The van der Waals surface area contributed by atoms with Crippen molar-refractivity contribution in [3.05, 3.63) is 40.9 Å². The summed E-state index contributed by atoms with van der Waals surface area (Å²) in [6, 6.07) is 5.15. The fraction of sp³-hybridized carbons (Fsp3) is 0.471. The molecule has 1 aromatic carbocycles. The van der Waals surface area contributed by atoms with Crippen molar-refractivity contribution in [2.75, 3.05) is 13.1 Å². The summed E-state index contributed by atoms with van der Waals surface area (Å²) in [6.45, 7) is 6.55. The molecule has 0 amide bonds. The summed E-state index contributed by atoms with van der Waals surface area (Å²) in [5.74, 6) is 0. The van der Waals surface area contributed by atoms with Crippen molar-refractivity contribution < 1.29 is 17.9 Å². The van der Waals surface area contributed by atoms with Crippen molar-refractivity contribution in [3.63, 3.8) is 0 Å². The maximum absolute atomic E-state index is 12.6. The number of halogens is 3. The second-order valence-corrected chi connectivity index (χ2v) is 7.03. The van der Waals surface area contributed by atoms with Gasteiger partial charge >= 0.3 is 6.18 Å². The Balaban J connectivity index is 1.69. The topological polar surface area (TPSA) is 25.4 Å². The molecule has 0 spiro atoms. The van der Waals surface area contributed by atoms with Crippen LogP contribution in [0.25, 0.3) is 10.6 Å².